The van der Waals surface area contributed by atoms with E-state index in [1.165, 1.54) is 0 Å². The summed E-state index contributed by atoms with van der Waals surface area (Å²) in [5, 5.41) is 9.61. The Hall–Kier alpha value is -1.83. The van der Waals surface area contributed by atoms with Gasteiger partial charge in [-0.2, -0.15) is 0 Å². The van der Waals surface area contributed by atoms with Crippen LogP contribution in [0.15, 0.2) is 48.7 Å². The molecule has 2 rings (SSSR count). The lowest BCUT2D eigenvalue weighted by molar-refractivity contribution is -0.896. The van der Waals surface area contributed by atoms with Crippen LogP contribution in [0.5, 0.6) is 0 Å². The normalized spacial score (nSPS) is 10.1. The average molecular weight is 186 g/mol. The molecule has 1 aromatic heterocycles. The van der Waals surface area contributed by atoms with Gasteiger partial charge in [0, 0.05) is 16.9 Å². The van der Waals surface area contributed by atoms with Crippen LogP contribution < -0.4 is 4.73 Å². The van der Waals surface area contributed by atoms with Gasteiger partial charge in [-0.1, -0.05) is 18.2 Å². The molecule has 0 atom stereocenters. The Morgan fingerprint density at radius 2 is 1.71 bits per heavy atom. The van der Waals surface area contributed by atoms with Crippen LogP contribution in [0.1, 0.15) is 5.56 Å². The Balaban J connectivity index is 2.61. The van der Waals surface area contributed by atoms with E-state index >= 15 is 0 Å². The maximum atomic E-state index is 9.61. The molecule has 1 N–H and O–H groups in total. The van der Waals surface area contributed by atoms with Gasteiger partial charge in [-0.15, -0.1) is 0 Å². The molecule has 2 aromatic rings. The zero-order valence-electron chi connectivity index (χ0n) is 8.01. The summed E-state index contributed by atoms with van der Waals surface area (Å²) in [4.78, 5) is 0. The number of benzene rings is 1. The highest BCUT2D eigenvalue weighted by atomic mass is 16.5. The quantitative estimate of drug-likeness (QED) is 0.535. The molecule has 70 valence electrons. The van der Waals surface area contributed by atoms with Gasteiger partial charge in [0.2, 0.25) is 6.20 Å². The van der Waals surface area contributed by atoms with Crippen molar-refractivity contribution in [2.24, 2.45) is 0 Å². The minimum atomic E-state index is 0.811. The number of aromatic nitrogens is 1. The first-order valence-corrected chi connectivity index (χ1v) is 4.55. The molecule has 0 fully saturated rings. The molecular weight excluding hydrogens is 174 g/mol. The summed E-state index contributed by atoms with van der Waals surface area (Å²) in [6.45, 7) is 2.03. The topological polar surface area (TPSA) is 24.1 Å². The monoisotopic (exact) mass is 186 g/mol. The Kier molecular flexibility index (Phi) is 2.19. The minimum Gasteiger partial charge on any atom is -0.285 e. The van der Waals surface area contributed by atoms with Crippen molar-refractivity contribution < 1.29 is 9.94 Å². The summed E-state index contributed by atoms with van der Waals surface area (Å²) in [5.74, 6) is 0. The molecule has 0 unspecified atom stereocenters. The maximum absolute atomic E-state index is 9.61. The second kappa shape index (κ2) is 3.50. The lowest BCUT2D eigenvalue weighted by Gasteiger charge is -2.00. The van der Waals surface area contributed by atoms with Gasteiger partial charge in [-0.25, -0.2) is 0 Å². The standard InChI is InChI=1S/C12H12NO/c1-10-6-2-3-7-11(10)12-8-4-5-9-13(12)14/h2-9,14H,1H3/q+1. The Labute approximate surface area is 83.0 Å². The van der Waals surface area contributed by atoms with E-state index in [9.17, 15) is 5.21 Å². The van der Waals surface area contributed by atoms with Gasteiger partial charge in [-0.05, 0) is 24.6 Å². The van der Waals surface area contributed by atoms with Gasteiger partial charge >= 0.3 is 0 Å². The van der Waals surface area contributed by atoms with E-state index in [0.717, 1.165) is 21.6 Å². The third-order valence-corrected chi connectivity index (χ3v) is 2.26. The molecule has 0 aliphatic heterocycles. The van der Waals surface area contributed by atoms with Gasteiger partial charge < -0.3 is 0 Å². The zero-order chi connectivity index (χ0) is 9.97. The van der Waals surface area contributed by atoms with Crippen molar-refractivity contribution in [2.75, 3.05) is 0 Å². The molecule has 0 spiro atoms. The highest BCUT2D eigenvalue weighted by Gasteiger charge is 2.12. The van der Waals surface area contributed by atoms with E-state index in [1.807, 2.05) is 43.3 Å². The third kappa shape index (κ3) is 1.46. The number of hydrogen-bond acceptors (Lipinski definition) is 1. The minimum absolute atomic E-state index is 0.811. The number of aryl methyl sites for hydroxylation is 1. The average Bonchev–Trinajstić information content (AvgIpc) is 2.20. The summed E-state index contributed by atoms with van der Waals surface area (Å²) in [5.41, 5.74) is 3.02. The lowest BCUT2D eigenvalue weighted by atomic mass is 10.1. The third-order valence-electron chi connectivity index (χ3n) is 2.26. The van der Waals surface area contributed by atoms with Gasteiger partial charge in [0.25, 0.3) is 5.69 Å². The van der Waals surface area contributed by atoms with Gasteiger partial charge in [0.15, 0.2) is 0 Å². The van der Waals surface area contributed by atoms with Crippen molar-refractivity contribution >= 4 is 0 Å². The maximum Gasteiger partial charge on any atom is 0.264 e. The molecular formula is C12H12NO+. The predicted molar refractivity (Wildman–Crippen MR) is 54.0 cm³/mol. The second-order valence-corrected chi connectivity index (χ2v) is 3.25. The highest BCUT2D eigenvalue weighted by Crippen LogP contribution is 2.18. The number of hydrogen-bond donors (Lipinski definition) is 1. The molecule has 0 saturated carbocycles. The smallest absolute Gasteiger partial charge is 0.264 e. The first kappa shape index (κ1) is 8.75. The van der Waals surface area contributed by atoms with E-state index in [4.69, 9.17) is 0 Å². The van der Waals surface area contributed by atoms with Crippen LogP contribution in [-0.4, -0.2) is 5.21 Å². The number of pyridine rings is 1. The molecule has 0 saturated heterocycles. The summed E-state index contributed by atoms with van der Waals surface area (Å²) in [6, 6.07) is 13.6. The molecule has 0 radical (unpaired) electrons. The van der Waals surface area contributed by atoms with E-state index in [-0.39, 0.29) is 0 Å². The molecule has 1 aromatic carbocycles. The molecule has 14 heavy (non-hydrogen) atoms. The summed E-state index contributed by atoms with van der Waals surface area (Å²) < 4.78 is 1.14. The van der Waals surface area contributed by atoms with E-state index in [0.29, 0.717) is 0 Å². The molecule has 2 nitrogen and oxygen atoms in total. The fourth-order valence-electron chi connectivity index (χ4n) is 1.51. The van der Waals surface area contributed by atoms with E-state index in [1.54, 1.807) is 12.3 Å². The molecule has 0 amide bonds. The van der Waals surface area contributed by atoms with Crippen LogP contribution in [0.2, 0.25) is 0 Å². The van der Waals surface area contributed by atoms with Crippen molar-refractivity contribution in [1.82, 2.24) is 0 Å². The summed E-state index contributed by atoms with van der Waals surface area (Å²) >= 11 is 0. The SMILES string of the molecule is Cc1ccccc1-c1cccc[n+]1O. The Morgan fingerprint density at radius 3 is 2.43 bits per heavy atom. The van der Waals surface area contributed by atoms with Gasteiger partial charge in [-0.3, -0.25) is 5.21 Å². The van der Waals surface area contributed by atoms with Crippen LogP contribution in [0.4, 0.5) is 0 Å². The van der Waals surface area contributed by atoms with Gasteiger partial charge in [0.05, 0.1) is 5.56 Å². The van der Waals surface area contributed by atoms with Crippen LogP contribution in [0.25, 0.3) is 11.3 Å². The van der Waals surface area contributed by atoms with Gasteiger partial charge in [0.1, 0.15) is 0 Å². The fourth-order valence-corrected chi connectivity index (χ4v) is 1.51. The van der Waals surface area contributed by atoms with Crippen LogP contribution in [0, 0.1) is 6.92 Å². The highest BCUT2D eigenvalue weighted by molar-refractivity contribution is 5.60. The Morgan fingerprint density at radius 1 is 1.00 bits per heavy atom. The van der Waals surface area contributed by atoms with Crippen LogP contribution >= 0.6 is 0 Å². The first-order chi connectivity index (χ1) is 6.79. The van der Waals surface area contributed by atoms with E-state index in [2.05, 4.69) is 0 Å². The fraction of sp³-hybridized carbons (Fsp3) is 0.0833. The van der Waals surface area contributed by atoms with Crippen LogP contribution in [0.3, 0.4) is 0 Å². The summed E-state index contributed by atoms with van der Waals surface area (Å²) in [7, 11) is 0. The molecule has 0 bridgehead atoms. The molecule has 1 heterocycles. The number of rotatable bonds is 1. The molecule has 0 aliphatic rings. The molecule has 2 heteroatoms. The summed E-state index contributed by atoms with van der Waals surface area (Å²) in [6.07, 6.45) is 1.63. The first-order valence-electron chi connectivity index (χ1n) is 4.55. The van der Waals surface area contributed by atoms with Crippen molar-refractivity contribution in [3.05, 3.63) is 54.2 Å². The van der Waals surface area contributed by atoms with Crippen molar-refractivity contribution in [3.63, 3.8) is 0 Å². The Bertz CT molecular complexity index is 408. The lowest BCUT2D eigenvalue weighted by Crippen LogP contribution is -2.31. The zero-order valence-corrected chi connectivity index (χ0v) is 8.01. The van der Waals surface area contributed by atoms with Crippen molar-refractivity contribution in [3.8, 4) is 11.3 Å². The van der Waals surface area contributed by atoms with Crippen molar-refractivity contribution in [1.29, 1.82) is 0 Å². The van der Waals surface area contributed by atoms with E-state index < -0.39 is 0 Å². The number of nitrogens with zero attached hydrogens (tertiary/aromatic N) is 1. The molecule has 0 aliphatic carbocycles. The van der Waals surface area contributed by atoms with Crippen molar-refractivity contribution in [2.45, 2.75) is 6.92 Å². The largest absolute Gasteiger partial charge is 0.285 e. The second-order valence-electron chi connectivity index (χ2n) is 3.25. The van der Waals surface area contributed by atoms with Crippen LogP contribution in [-0.2, 0) is 0 Å². The predicted octanol–water partition coefficient (Wildman–Crippen LogP) is 2.19.